The maximum Gasteiger partial charge on any atom is 0.341 e. The molecule has 3 aromatic heterocycles. The van der Waals surface area contributed by atoms with Crippen LogP contribution < -0.4 is 26.2 Å². The Balaban J connectivity index is 1.40. The minimum Gasteiger partial charge on any atom is -0.495 e. The van der Waals surface area contributed by atoms with E-state index in [1.54, 1.807) is 32.4 Å². The van der Waals surface area contributed by atoms with Crippen LogP contribution in [0.1, 0.15) is 23.7 Å². The van der Waals surface area contributed by atoms with E-state index in [0.29, 0.717) is 41.7 Å². The Bertz CT molecular complexity index is 1500. The van der Waals surface area contributed by atoms with Gasteiger partial charge < -0.3 is 20.3 Å². The molecule has 5 heterocycles. The lowest BCUT2D eigenvalue weighted by molar-refractivity contribution is -0.0137. The average Bonchev–Trinajstić information content (AvgIpc) is 3.24. The Labute approximate surface area is 213 Å². The summed E-state index contributed by atoms with van der Waals surface area (Å²) in [6.45, 7) is 2.94. The Kier molecular flexibility index (Phi) is 6.47. The molecule has 5 rings (SSSR count). The molecule has 0 aliphatic carbocycles. The number of methoxy groups -OCH3 is 1. The van der Waals surface area contributed by atoms with Gasteiger partial charge >= 0.3 is 5.97 Å². The SMILES string of the molecule is COc1ccc(NC(O)C2CN(C3CC(C)=c4c(=O)c(C(=O)O)cn(-c5nc(Cl)ns5)c4=N3)C2)nc1. The molecule has 0 aromatic carbocycles. The van der Waals surface area contributed by atoms with Crippen molar-refractivity contribution in [1.29, 1.82) is 0 Å². The Morgan fingerprint density at radius 2 is 2.14 bits per heavy atom. The molecule has 14 heteroatoms. The van der Waals surface area contributed by atoms with Crippen LogP contribution in [-0.4, -0.2) is 72.6 Å². The van der Waals surface area contributed by atoms with Crippen LogP contribution in [0.15, 0.2) is 34.3 Å². The summed E-state index contributed by atoms with van der Waals surface area (Å²) in [5.41, 5.74) is 0.0822. The highest BCUT2D eigenvalue weighted by molar-refractivity contribution is 7.08. The van der Waals surface area contributed by atoms with Crippen molar-refractivity contribution in [2.24, 2.45) is 10.9 Å². The van der Waals surface area contributed by atoms with Crippen molar-refractivity contribution in [3.05, 3.63) is 56.3 Å². The van der Waals surface area contributed by atoms with Crippen molar-refractivity contribution < 1.29 is 19.7 Å². The molecule has 0 saturated carbocycles. The number of rotatable bonds is 7. The number of nitrogens with zero attached hydrogens (tertiary/aromatic N) is 6. The van der Waals surface area contributed by atoms with Crippen LogP contribution in [0.2, 0.25) is 5.28 Å². The van der Waals surface area contributed by atoms with E-state index < -0.39 is 17.6 Å². The molecule has 188 valence electrons. The zero-order chi connectivity index (χ0) is 25.6. The van der Waals surface area contributed by atoms with E-state index >= 15 is 0 Å². The van der Waals surface area contributed by atoms with Crippen LogP contribution in [-0.2, 0) is 0 Å². The predicted octanol–water partition coefficient (Wildman–Crippen LogP) is 0.327. The molecule has 12 nitrogen and oxygen atoms in total. The first-order valence-corrected chi connectivity index (χ1v) is 12.1. The van der Waals surface area contributed by atoms with Crippen LogP contribution in [0.4, 0.5) is 5.82 Å². The van der Waals surface area contributed by atoms with Crippen molar-refractivity contribution in [3.63, 3.8) is 0 Å². The van der Waals surface area contributed by atoms with Gasteiger partial charge in [0.05, 0.1) is 18.5 Å². The highest BCUT2D eigenvalue weighted by Crippen LogP contribution is 2.27. The molecule has 0 spiro atoms. The number of ether oxygens (including phenoxy) is 1. The molecule has 0 amide bonds. The second-order valence-electron chi connectivity index (χ2n) is 8.57. The first-order chi connectivity index (χ1) is 17.2. The number of aliphatic hydroxyl groups is 1. The Morgan fingerprint density at radius 3 is 2.75 bits per heavy atom. The summed E-state index contributed by atoms with van der Waals surface area (Å²) in [4.78, 5) is 40.0. The largest absolute Gasteiger partial charge is 0.495 e. The number of carboxylic acids is 1. The lowest BCUT2D eigenvalue weighted by Gasteiger charge is -2.45. The molecule has 0 radical (unpaired) electrons. The number of aromatic carboxylic acids is 1. The summed E-state index contributed by atoms with van der Waals surface area (Å²) in [5.74, 6) is -0.221. The van der Waals surface area contributed by atoms with Gasteiger partial charge in [-0.3, -0.25) is 14.3 Å². The van der Waals surface area contributed by atoms with Crippen molar-refractivity contribution in [2.45, 2.75) is 25.7 Å². The maximum absolute atomic E-state index is 13.0. The van der Waals surface area contributed by atoms with E-state index in [0.717, 1.165) is 17.1 Å². The van der Waals surface area contributed by atoms with E-state index in [9.17, 15) is 19.8 Å². The summed E-state index contributed by atoms with van der Waals surface area (Å²) in [6, 6.07) is 3.49. The molecule has 3 aromatic rings. The van der Waals surface area contributed by atoms with Gasteiger partial charge in [0.15, 0.2) is 0 Å². The lowest BCUT2D eigenvalue weighted by Crippen LogP contribution is -2.60. The molecule has 2 aliphatic rings. The number of fused-ring (bicyclic) bond motifs is 1. The third kappa shape index (κ3) is 4.46. The summed E-state index contributed by atoms with van der Waals surface area (Å²) >= 11 is 6.87. The molecular formula is C22H22ClN7O5S. The summed E-state index contributed by atoms with van der Waals surface area (Å²) in [7, 11) is 1.56. The number of hydrogen-bond acceptors (Lipinski definition) is 11. The lowest BCUT2D eigenvalue weighted by atomic mass is 9.95. The van der Waals surface area contributed by atoms with Crippen LogP contribution in [0, 0.1) is 5.92 Å². The van der Waals surface area contributed by atoms with Crippen LogP contribution in [0.3, 0.4) is 0 Å². The third-order valence-corrected chi connectivity index (χ3v) is 7.25. The quantitative estimate of drug-likeness (QED) is 0.363. The second kappa shape index (κ2) is 9.58. The number of aliphatic hydroxyl groups excluding tert-OH is 1. The molecule has 0 bridgehead atoms. The number of anilines is 1. The molecule has 2 atom stereocenters. The van der Waals surface area contributed by atoms with Crippen LogP contribution in [0.25, 0.3) is 10.7 Å². The minimum absolute atomic E-state index is 0.0193. The molecule has 3 N–H and O–H groups in total. The van der Waals surface area contributed by atoms with Crippen LogP contribution >= 0.6 is 23.1 Å². The van der Waals surface area contributed by atoms with Gasteiger partial charge in [0.2, 0.25) is 15.8 Å². The molecule has 2 unspecified atom stereocenters. The van der Waals surface area contributed by atoms with E-state index in [4.69, 9.17) is 21.3 Å². The summed E-state index contributed by atoms with van der Waals surface area (Å²) in [5, 5.41) is 23.8. The van der Waals surface area contributed by atoms with E-state index in [1.807, 2.05) is 0 Å². The highest BCUT2D eigenvalue weighted by atomic mass is 35.5. The monoisotopic (exact) mass is 531 g/mol. The zero-order valence-electron chi connectivity index (χ0n) is 19.3. The summed E-state index contributed by atoms with van der Waals surface area (Å²) < 4.78 is 10.5. The highest BCUT2D eigenvalue weighted by Gasteiger charge is 2.38. The molecule has 36 heavy (non-hydrogen) atoms. The van der Waals surface area contributed by atoms with Gasteiger partial charge in [-0.2, -0.15) is 9.36 Å². The van der Waals surface area contributed by atoms with Crippen molar-refractivity contribution in [3.8, 4) is 10.9 Å². The van der Waals surface area contributed by atoms with Gasteiger partial charge in [0.1, 0.15) is 35.0 Å². The number of likely N-dealkylation sites (tertiary alicyclic amines) is 1. The standard InChI is InChI=1S/C22H22ClN7O5S/c1-10-5-15(29-7-11(8-29)19(32)25-14-4-3-12(35-2)6-24-14)26-18-16(10)17(31)13(20(33)34)9-30(18)22-27-21(23)28-36-22/h3-4,6,9,11,15,19,32H,5,7-8H2,1-2H3,(H,24,25)(H,33,34). The first-order valence-electron chi connectivity index (χ1n) is 11.0. The predicted molar refractivity (Wildman–Crippen MR) is 131 cm³/mol. The fourth-order valence-electron chi connectivity index (χ4n) is 4.33. The topological polar surface area (TPSA) is 155 Å². The number of aromatic nitrogens is 4. The third-order valence-electron chi connectivity index (χ3n) is 6.27. The number of hydrogen-bond donors (Lipinski definition) is 3. The number of nitrogens with one attached hydrogen (secondary N) is 1. The van der Waals surface area contributed by atoms with Gasteiger partial charge in [0, 0.05) is 43.2 Å². The maximum atomic E-state index is 13.0. The first kappa shape index (κ1) is 24.3. The second-order valence-corrected chi connectivity index (χ2v) is 9.64. The number of pyridine rings is 2. The zero-order valence-corrected chi connectivity index (χ0v) is 20.8. The van der Waals surface area contributed by atoms with Gasteiger partial charge in [-0.1, -0.05) is 5.57 Å². The van der Waals surface area contributed by atoms with Crippen molar-refractivity contribution in [1.82, 2.24) is 23.8 Å². The Morgan fingerprint density at radius 1 is 1.36 bits per heavy atom. The van der Waals surface area contributed by atoms with E-state index in [1.165, 1.54) is 10.8 Å². The van der Waals surface area contributed by atoms with Crippen molar-refractivity contribution >= 4 is 40.5 Å². The smallest absolute Gasteiger partial charge is 0.341 e. The fourth-order valence-corrected chi connectivity index (χ4v) is 5.12. The average molecular weight is 532 g/mol. The number of carbonyl (C=O) groups is 1. The summed E-state index contributed by atoms with van der Waals surface area (Å²) in [6.07, 6.45) is 2.15. The van der Waals surface area contributed by atoms with Gasteiger partial charge in [-0.05, 0) is 30.7 Å². The molecular weight excluding hydrogens is 510 g/mol. The Hall–Kier alpha value is -3.39. The fraction of sp³-hybridized carbons (Fsp3) is 0.364. The van der Waals surface area contributed by atoms with Crippen molar-refractivity contribution in [2.75, 3.05) is 25.5 Å². The number of halogens is 1. The van der Waals surface area contributed by atoms with Crippen LogP contribution in [0.5, 0.6) is 5.75 Å². The molecule has 1 saturated heterocycles. The van der Waals surface area contributed by atoms with E-state index in [2.05, 4.69) is 24.6 Å². The minimum atomic E-state index is -1.33. The van der Waals surface area contributed by atoms with Gasteiger partial charge in [-0.25, -0.2) is 14.8 Å². The molecule has 1 fully saturated rings. The normalized spacial score (nSPS) is 18.7. The molecule has 2 aliphatic heterocycles. The van der Waals surface area contributed by atoms with E-state index in [-0.39, 0.29) is 28.1 Å². The van der Waals surface area contributed by atoms with Gasteiger partial charge in [0.25, 0.3) is 0 Å². The number of carboxylic acid groups (broad SMARTS) is 1. The van der Waals surface area contributed by atoms with Gasteiger partial charge in [-0.15, -0.1) is 0 Å².